The molecular weight excluding hydrogens is 300 g/mol. The summed E-state index contributed by atoms with van der Waals surface area (Å²) >= 11 is 0. The molecule has 0 saturated carbocycles. The van der Waals surface area contributed by atoms with E-state index in [9.17, 15) is 14.9 Å². The zero-order valence-electron chi connectivity index (χ0n) is 12.3. The Hall–Kier alpha value is -3.35. The number of nitro benzene ring substituents is 1. The standard InChI is InChI=1S/C16H14N2O5/c1-22-16(19)9-2-11-10-14(7-8-15(11)18(20)21)23-13-5-3-12(17)4-6-13/h2-10H,17H2,1H3/b9-2+. The number of carbonyl (C=O) groups is 1. The Bertz CT molecular complexity index is 754. The van der Waals surface area contributed by atoms with Gasteiger partial charge in [0.25, 0.3) is 5.69 Å². The highest BCUT2D eigenvalue weighted by atomic mass is 16.6. The van der Waals surface area contributed by atoms with Crippen molar-refractivity contribution in [2.75, 3.05) is 12.8 Å². The maximum Gasteiger partial charge on any atom is 0.330 e. The van der Waals surface area contributed by atoms with Gasteiger partial charge in [-0.3, -0.25) is 10.1 Å². The molecule has 0 saturated heterocycles. The largest absolute Gasteiger partial charge is 0.466 e. The zero-order valence-corrected chi connectivity index (χ0v) is 12.3. The van der Waals surface area contributed by atoms with Gasteiger partial charge in [-0.2, -0.15) is 0 Å². The molecule has 7 nitrogen and oxygen atoms in total. The number of carbonyl (C=O) groups excluding carboxylic acids is 1. The van der Waals surface area contributed by atoms with Gasteiger partial charge in [0, 0.05) is 17.8 Å². The van der Waals surface area contributed by atoms with Crippen LogP contribution in [0.1, 0.15) is 5.56 Å². The van der Waals surface area contributed by atoms with E-state index in [4.69, 9.17) is 10.5 Å². The van der Waals surface area contributed by atoms with Crippen molar-refractivity contribution < 1.29 is 19.2 Å². The fraction of sp³-hybridized carbons (Fsp3) is 0.0625. The first-order chi connectivity index (χ1) is 11.0. The minimum atomic E-state index is -0.607. The van der Waals surface area contributed by atoms with Crippen LogP contribution in [0.3, 0.4) is 0 Å². The minimum absolute atomic E-state index is 0.144. The van der Waals surface area contributed by atoms with Gasteiger partial charge >= 0.3 is 5.97 Å². The normalized spacial score (nSPS) is 10.5. The van der Waals surface area contributed by atoms with Crippen LogP contribution in [0.5, 0.6) is 11.5 Å². The first-order valence-corrected chi connectivity index (χ1v) is 6.57. The quantitative estimate of drug-likeness (QED) is 0.299. The molecule has 0 aliphatic rings. The highest BCUT2D eigenvalue weighted by Crippen LogP contribution is 2.29. The first kappa shape index (κ1) is 16.0. The first-order valence-electron chi connectivity index (χ1n) is 6.57. The summed E-state index contributed by atoms with van der Waals surface area (Å²) in [5.74, 6) is 0.324. The van der Waals surface area contributed by atoms with E-state index in [1.807, 2.05) is 0 Å². The van der Waals surface area contributed by atoms with E-state index < -0.39 is 10.9 Å². The Morgan fingerprint density at radius 3 is 2.43 bits per heavy atom. The van der Waals surface area contributed by atoms with Crippen LogP contribution in [0.25, 0.3) is 6.08 Å². The van der Waals surface area contributed by atoms with Crippen LogP contribution in [0.2, 0.25) is 0 Å². The average Bonchev–Trinajstić information content (AvgIpc) is 2.54. The highest BCUT2D eigenvalue weighted by molar-refractivity contribution is 5.87. The number of nitrogen functional groups attached to an aromatic ring is 1. The average molecular weight is 314 g/mol. The molecule has 0 aliphatic carbocycles. The lowest BCUT2D eigenvalue weighted by molar-refractivity contribution is -0.385. The number of nitrogens with two attached hydrogens (primary N) is 1. The molecule has 2 aromatic rings. The van der Waals surface area contributed by atoms with Crippen molar-refractivity contribution in [1.82, 2.24) is 0 Å². The maximum absolute atomic E-state index is 11.2. The van der Waals surface area contributed by atoms with Crippen molar-refractivity contribution in [3.05, 3.63) is 64.2 Å². The Balaban J connectivity index is 2.31. The topological polar surface area (TPSA) is 105 Å². The molecule has 23 heavy (non-hydrogen) atoms. The Labute approximate surface area is 132 Å². The number of rotatable bonds is 5. The van der Waals surface area contributed by atoms with Crippen molar-refractivity contribution in [1.29, 1.82) is 0 Å². The van der Waals surface area contributed by atoms with Gasteiger partial charge in [-0.15, -0.1) is 0 Å². The summed E-state index contributed by atoms with van der Waals surface area (Å²) in [4.78, 5) is 21.7. The molecule has 0 bridgehead atoms. The van der Waals surface area contributed by atoms with Crippen LogP contribution in [-0.2, 0) is 9.53 Å². The van der Waals surface area contributed by atoms with E-state index in [1.165, 1.54) is 31.4 Å². The summed E-state index contributed by atoms with van der Waals surface area (Å²) in [5.41, 5.74) is 6.28. The number of methoxy groups -OCH3 is 1. The zero-order chi connectivity index (χ0) is 16.8. The second-order valence-corrected chi connectivity index (χ2v) is 4.51. The number of anilines is 1. The molecule has 0 aromatic heterocycles. The second kappa shape index (κ2) is 7.08. The molecule has 0 aliphatic heterocycles. The van der Waals surface area contributed by atoms with Crippen molar-refractivity contribution >= 4 is 23.4 Å². The fourth-order valence-electron chi connectivity index (χ4n) is 1.79. The number of nitro groups is 1. The van der Waals surface area contributed by atoms with Gasteiger partial charge in [0.15, 0.2) is 0 Å². The van der Waals surface area contributed by atoms with E-state index >= 15 is 0 Å². The third-order valence-electron chi connectivity index (χ3n) is 2.91. The molecule has 2 N–H and O–H groups in total. The van der Waals surface area contributed by atoms with Crippen LogP contribution in [0.4, 0.5) is 11.4 Å². The lowest BCUT2D eigenvalue weighted by atomic mass is 10.1. The Kier molecular flexibility index (Phi) is 4.93. The van der Waals surface area contributed by atoms with Crippen LogP contribution >= 0.6 is 0 Å². The van der Waals surface area contributed by atoms with Crippen LogP contribution < -0.4 is 10.5 Å². The van der Waals surface area contributed by atoms with Crippen molar-refractivity contribution in [3.63, 3.8) is 0 Å². The fourth-order valence-corrected chi connectivity index (χ4v) is 1.79. The van der Waals surface area contributed by atoms with Gasteiger partial charge in [0.1, 0.15) is 11.5 Å². The van der Waals surface area contributed by atoms with Crippen molar-refractivity contribution in [3.8, 4) is 11.5 Å². The smallest absolute Gasteiger partial charge is 0.330 e. The van der Waals surface area contributed by atoms with Crippen LogP contribution in [0, 0.1) is 10.1 Å². The predicted octanol–water partition coefficient (Wildman–Crippen LogP) is 3.16. The molecule has 0 fully saturated rings. The summed E-state index contributed by atoms with van der Waals surface area (Å²) < 4.78 is 10.1. The number of esters is 1. The SMILES string of the molecule is COC(=O)/C=C/c1cc(Oc2ccc(N)cc2)ccc1[N+](=O)[O-]. The summed E-state index contributed by atoms with van der Waals surface area (Å²) in [5, 5.41) is 11.0. The molecule has 2 rings (SSSR count). The van der Waals surface area contributed by atoms with E-state index in [2.05, 4.69) is 4.74 Å². The lowest BCUT2D eigenvalue weighted by Gasteiger charge is -2.07. The summed E-state index contributed by atoms with van der Waals surface area (Å²) in [6.07, 6.45) is 2.41. The molecule has 0 radical (unpaired) electrons. The van der Waals surface area contributed by atoms with Crippen molar-refractivity contribution in [2.24, 2.45) is 0 Å². The summed E-state index contributed by atoms with van der Waals surface area (Å²) in [6, 6.07) is 11.0. The van der Waals surface area contributed by atoms with E-state index in [1.54, 1.807) is 24.3 Å². The van der Waals surface area contributed by atoms with Gasteiger partial charge in [-0.25, -0.2) is 4.79 Å². The molecule has 0 amide bonds. The predicted molar refractivity (Wildman–Crippen MR) is 85.1 cm³/mol. The van der Waals surface area contributed by atoms with Gasteiger partial charge in [0.2, 0.25) is 0 Å². The summed E-state index contributed by atoms with van der Waals surface area (Å²) in [6.45, 7) is 0. The van der Waals surface area contributed by atoms with E-state index in [0.29, 0.717) is 17.2 Å². The third kappa shape index (κ3) is 4.31. The molecule has 0 spiro atoms. The van der Waals surface area contributed by atoms with E-state index in [-0.39, 0.29) is 11.3 Å². The second-order valence-electron chi connectivity index (χ2n) is 4.51. The van der Waals surface area contributed by atoms with Gasteiger partial charge in [0.05, 0.1) is 17.6 Å². The molecule has 7 heteroatoms. The van der Waals surface area contributed by atoms with Crippen LogP contribution in [-0.4, -0.2) is 18.0 Å². The number of benzene rings is 2. The molecule has 0 heterocycles. The molecule has 2 aromatic carbocycles. The Morgan fingerprint density at radius 2 is 1.83 bits per heavy atom. The van der Waals surface area contributed by atoms with E-state index in [0.717, 1.165) is 6.08 Å². The molecular formula is C16H14N2O5. The van der Waals surface area contributed by atoms with Gasteiger partial charge < -0.3 is 15.2 Å². The Morgan fingerprint density at radius 1 is 1.17 bits per heavy atom. The molecule has 0 unspecified atom stereocenters. The number of ether oxygens (including phenoxy) is 2. The number of hydrogen-bond donors (Lipinski definition) is 1. The molecule has 118 valence electrons. The number of hydrogen-bond acceptors (Lipinski definition) is 6. The summed E-state index contributed by atoms with van der Waals surface area (Å²) in [7, 11) is 1.22. The minimum Gasteiger partial charge on any atom is -0.466 e. The van der Waals surface area contributed by atoms with Crippen LogP contribution in [0.15, 0.2) is 48.5 Å². The third-order valence-corrected chi connectivity index (χ3v) is 2.91. The maximum atomic E-state index is 11.2. The van der Waals surface area contributed by atoms with Crippen molar-refractivity contribution in [2.45, 2.75) is 0 Å². The lowest BCUT2D eigenvalue weighted by Crippen LogP contribution is -1.96. The van der Waals surface area contributed by atoms with Gasteiger partial charge in [-0.1, -0.05) is 0 Å². The molecule has 0 atom stereocenters. The highest BCUT2D eigenvalue weighted by Gasteiger charge is 2.13. The number of nitrogens with zero attached hydrogens (tertiary/aromatic N) is 1. The monoisotopic (exact) mass is 314 g/mol. The van der Waals surface area contributed by atoms with Gasteiger partial charge in [-0.05, 0) is 42.5 Å².